The number of nitrogens with zero attached hydrogens (tertiary/aromatic N) is 6. The van der Waals surface area contributed by atoms with Crippen LogP contribution in [0.15, 0.2) is 49.1 Å². The van der Waals surface area contributed by atoms with E-state index in [2.05, 4.69) is 56.7 Å². The molecule has 3 aromatic rings. The molecule has 374 valence electrons. The van der Waals surface area contributed by atoms with E-state index in [0.29, 0.717) is 97.3 Å². The highest BCUT2D eigenvalue weighted by atomic mass is 19.4. The van der Waals surface area contributed by atoms with E-state index in [1.54, 1.807) is 35.3 Å². The van der Waals surface area contributed by atoms with Gasteiger partial charge in [0.1, 0.15) is 18.2 Å². The molecule has 0 radical (unpaired) electrons. The number of carbonyl (C=O) groups is 4. The SMILES string of the molecule is CC(C)N(C)[C@@H]1CC[C@H](N2CC[C@H](Nc3ncnc4ccc(C(F)(F)F)cc34)C2=O)[C@H](NC(=O)CCOCCOCCOCCOCCOCCNC(=O)[C@H]2CC(=O)N(C)[C@@H]2c2cccnc2)C1. The number of hydrogen-bond donors (Lipinski definition) is 3. The fraction of sp³-hybridized carbons (Fsp3) is 0.638. The third-order valence-electron chi connectivity index (χ3n) is 12.9. The first-order valence-corrected chi connectivity index (χ1v) is 23.4. The Morgan fingerprint density at radius 1 is 0.897 bits per heavy atom. The van der Waals surface area contributed by atoms with Gasteiger partial charge >= 0.3 is 6.18 Å². The molecule has 1 aromatic carbocycles. The number of anilines is 1. The van der Waals surface area contributed by atoms with Crippen LogP contribution in [-0.4, -0.2) is 177 Å². The molecule has 6 rings (SSSR count). The molecule has 1 aliphatic carbocycles. The van der Waals surface area contributed by atoms with Crippen LogP contribution in [0.25, 0.3) is 10.9 Å². The Balaban J connectivity index is 0.808. The average molecular weight is 958 g/mol. The van der Waals surface area contributed by atoms with Crippen molar-refractivity contribution < 1.29 is 56.0 Å². The van der Waals surface area contributed by atoms with Crippen molar-refractivity contribution in [2.24, 2.45) is 5.92 Å². The van der Waals surface area contributed by atoms with E-state index in [1.165, 1.54) is 12.4 Å². The first kappa shape index (κ1) is 52.3. The fourth-order valence-electron chi connectivity index (χ4n) is 9.05. The summed E-state index contributed by atoms with van der Waals surface area (Å²) in [6, 6.07) is 5.81. The molecule has 3 fully saturated rings. The van der Waals surface area contributed by atoms with Gasteiger partial charge in [-0.15, -0.1) is 0 Å². The molecule has 2 aliphatic heterocycles. The smallest absolute Gasteiger partial charge is 0.379 e. The number of fused-ring (bicyclic) bond motifs is 1. The van der Waals surface area contributed by atoms with Gasteiger partial charge in [0.2, 0.25) is 23.6 Å². The molecule has 3 N–H and O–H groups in total. The minimum atomic E-state index is -4.54. The number of hydrogen-bond acceptors (Lipinski definition) is 14. The largest absolute Gasteiger partial charge is 0.416 e. The molecule has 68 heavy (non-hydrogen) atoms. The first-order chi connectivity index (χ1) is 32.7. The maximum atomic E-state index is 13.9. The molecule has 2 aromatic heterocycles. The van der Waals surface area contributed by atoms with Gasteiger partial charge in [-0.3, -0.25) is 24.2 Å². The van der Waals surface area contributed by atoms with Crippen molar-refractivity contribution in [3.05, 3.63) is 60.2 Å². The van der Waals surface area contributed by atoms with Crippen LogP contribution in [0.1, 0.15) is 69.5 Å². The van der Waals surface area contributed by atoms with Crippen LogP contribution in [0.3, 0.4) is 0 Å². The number of benzene rings is 1. The van der Waals surface area contributed by atoms with Gasteiger partial charge in [0, 0.05) is 62.8 Å². The fourth-order valence-corrected chi connectivity index (χ4v) is 9.05. The monoisotopic (exact) mass is 957 g/mol. The number of rotatable bonds is 26. The highest BCUT2D eigenvalue weighted by molar-refractivity contribution is 5.93. The number of nitrogens with one attached hydrogen (secondary N) is 3. The molecule has 0 unspecified atom stereocenters. The van der Waals surface area contributed by atoms with Crippen LogP contribution >= 0.6 is 0 Å². The Morgan fingerprint density at radius 2 is 1.57 bits per heavy atom. The van der Waals surface area contributed by atoms with Gasteiger partial charge in [-0.05, 0) is 76.4 Å². The second-order valence-corrected chi connectivity index (χ2v) is 17.6. The normalized spacial score (nSPS) is 22.2. The zero-order chi connectivity index (χ0) is 48.6. The molecule has 1 saturated carbocycles. The minimum Gasteiger partial charge on any atom is -0.379 e. The molecule has 21 heteroatoms. The quantitative estimate of drug-likeness (QED) is 0.0987. The first-order valence-electron chi connectivity index (χ1n) is 23.4. The number of aromatic nitrogens is 3. The van der Waals surface area contributed by atoms with E-state index in [0.717, 1.165) is 24.1 Å². The van der Waals surface area contributed by atoms with Crippen LogP contribution < -0.4 is 16.0 Å². The molecule has 4 amide bonds. The zero-order valence-corrected chi connectivity index (χ0v) is 39.4. The molecule has 0 bridgehead atoms. The summed E-state index contributed by atoms with van der Waals surface area (Å²) >= 11 is 0. The van der Waals surface area contributed by atoms with Crippen molar-refractivity contribution >= 4 is 40.3 Å². The Bertz CT molecular complexity index is 2110. The van der Waals surface area contributed by atoms with Gasteiger partial charge in [-0.1, -0.05) is 6.07 Å². The van der Waals surface area contributed by atoms with E-state index in [-0.39, 0.29) is 84.5 Å². The molecule has 3 aliphatic rings. The van der Waals surface area contributed by atoms with Crippen LogP contribution in [0.5, 0.6) is 0 Å². The number of halogens is 3. The van der Waals surface area contributed by atoms with Crippen molar-refractivity contribution in [2.75, 3.05) is 98.6 Å². The lowest BCUT2D eigenvalue weighted by molar-refractivity contribution is -0.137. The summed E-state index contributed by atoms with van der Waals surface area (Å²) in [7, 11) is 3.77. The second kappa shape index (κ2) is 25.5. The predicted octanol–water partition coefficient (Wildman–Crippen LogP) is 3.61. The van der Waals surface area contributed by atoms with E-state index in [4.69, 9.17) is 23.7 Å². The molecular formula is C47H66F3N9O9. The summed E-state index contributed by atoms with van der Waals surface area (Å²) in [5.41, 5.74) is 0.330. The van der Waals surface area contributed by atoms with Gasteiger partial charge in [0.25, 0.3) is 0 Å². The highest BCUT2D eigenvalue weighted by Crippen LogP contribution is 2.37. The van der Waals surface area contributed by atoms with Crippen LogP contribution in [-0.2, 0) is 49.0 Å². The zero-order valence-electron chi connectivity index (χ0n) is 39.4. The predicted molar refractivity (Wildman–Crippen MR) is 244 cm³/mol. The van der Waals surface area contributed by atoms with Crippen molar-refractivity contribution in [3.8, 4) is 0 Å². The topological polar surface area (TPSA) is 199 Å². The number of ether oxygens (including phenoxy) is 5. The summed E-state index contributed by atoms with van der Waals surface area (Å²) in [6.07, 6.45) is 2.94. The average Bonchev–Trinajstić information content (AvgIpc) is 3.84. The minimum absolute atomic E-state index is 0.0794. The lowest BCUT2D eigenvalue weighted by Crippen LogP contribution is -2.58. The van der Waals surface area contributed by atoms with Crippen LogP contribution in [0.4, 0.5) is 19.0 Å². The molecule has 0 spiro atoms. The van der Waals surface area contributed by atoms with Crippen molar-refractivity contribution in [1.29, 1.82) is 0 Å². The second-order valence-electron chi connectivity index (χ2n) is 17.6. The lowest BCUT2D eigenvalue weighted by atomic mass is 9.84. The van der Waals surface area contributed by atoms with Crippen molar-refractivity contribution in [3.63, 3.8) is 0 Å². The van der Waals surface area contributed by atoms with Gasteiger partial charge < -0.3 is 54.3 Å². The van der Waals surface area contributed by atoms with Gasteiger partial charge in [0.05, 0.1) is 101 Å². The number of alkyl halides is 3. The molecule has 4 heterocycles. The Labute approximate surface area is 395 Å². The Morgan fingerprint density at radius 3 is 2.22 bits per heavy atom. The van der Waals surface area contributed by atoms with Crippen LogP contribution in [0, 0.1) is 5.92 Å². The number of likely N-dealkylation sites (tertiary alicyclic amines) is 2. The van der Waals surface area contributed by atoms with E-state index in [1.807, 2.05) is 6.07 Å². The van der Waals surface area contributed by atoms with Crippen molar-refractivity contribution in [1.82, 2.24) is 40.3 Å². The van der Waals surface area contributed by atoms with E-state index >= 15 is 0 Å². The highest BCUT2D eigenvalue weighted by Gasteiger charge is 2.44. The summed E-state index contributed by atoms with van der Waals surface area (Å²) in [5.74, 6) is -0.972. The van der Waals surface area contributed by atoms with Gasteiger partial charge in [-0.2, -0.15) is 13.2 Å². The summed E-state index contributed by atoms with van der Waals surface area (Å²) in [6.45, 7) is 8.34. The molecule has 2 saturated heterocycles. The standard InChI is InChI=1S/C47H66F3N9O9/c1-31(2)57(3)34-8-10-40(59-15-11-38(46(59)63)56-44-35-26-33(47(48,49)50)7-9-37(35)53-30-54-44)39(27-34)55-41(60)12-16-64-18-20-66-22-24-68-25-23-67-21-19-65-17-14-52-45(62)36-28-42(61)58(4)43(36)32-6-5-13-51-29-32/h5-7,9,13,26,29-31,34,36,38-40,43H,8,10-12,14-25,27-28H2,1-4H3,(H,52,62)(H,55,60)(H,53,54,56)/t34-,36+,38+,39-,40+,43-/m1/s1. The van der Waals surface area contributed by atoms with Crippen molar-refractivity contribution in [2.45, 2.75) is 94.8 Å². The third kappa shape index (κ3) is 14.5. The molecular weight excluding hydrogens is 892 g/mol. The van der Waals surface area contributed by atoms with Crippen LogP contribution in [0.2, 0.25) is 0 Å². The Hall–Kier alpha value is -5.06. The molecule has 18 nitrogen and oxygen atoms in total. The maximum absolute atomic E-state index is 13.9. The van der Waals surface area contributed by atoms with Gasteiger partial charge in [-0.25, -0.2) is 9.97 Å². The summed E-state index contributed by atoms with van der Waals surface area (Å²) < 4.78 is 68.5. The van der Waals surface area contributed by atoms with E-state index < -0.39 is 23.7 Å². The third-order valence-corrected chi connectivity index (χ3v) is 12.9. The number of amides is 4. The number of pyridine rings is 1. The number of carbonyl (C=O) groups excluding carboxylic acids is 4. The Kier molecular flexibility index (Phi) is 19.6. The van der Waals surface area contributed by atoms with Gasteiger partial charge in [0.15, 0.2) is 0 Å². The summed E-state index contributed by atoms with van der Waals surface area (Å²) in [5, 5.41) is 9.35. The van der Waals surface area contributed by atoms with E-state index in [9.17, 15) is 32.3 Å². The maximum Gasteiger partial charge on any atom is 0.416 e. The molecule has 6 atom stereocenters. The summed E-state index contributed by atoms with van der Waals surface area (Å²) in [4.78, 5) is 70.5. The lowest BCUT2D eigenvalue weighted by Gasteiger charge is -2.44.